The van der Waals surface area contributed by atoms with E-state index in [2.05, 4.69) is 17.4 Å². The molecule has 1 heterocycles. The molecule has 0 spiro atoms. The van der Waals surface area contributed by atoms with E-state index < -0.39 is 5.79 Å². The highest BCUT2D eigenvalue weighted by Gasteiger charge is 2.27. The summed E-state index contributed by atoms with van der Waals surface area (Å²) in [6.07, 6.45) is 0. The standard InChI is InChI=1S/C18H21NO3/c1-18(2)21-12-15-8-13(6-7-17(15)22-18)10-19-16-5-3-4-14(9-16)11-20/h3-9,19-20H,10-12H2,1-2H3. The predicted octanol–water partition coefficient (Wildman–Crippen LogP) is 3.44. The van der Waals surface area contributed by atoms with Crippen LogP contribution in [0.25, 0.3) is 0 Å². The number of ether oxygens (including phenoxy) is 2. The molecule has 0 amide bonds. The number of anilines is 1. The van der Waals surface area contributed by atoms with Crippen LogP contribution in [0.2, 0.25) is 0 Å². The molecule has 3 rings (SSSR count). The summed E-state index contributed by atoms with van der Waals surface area (Å²) in [5, 5.41) is 12.5. The largest absolute Gasteiger partial charge is 0.463 e. The lowest BCUT2D eigenvalue weighted by Gasteiger charge is -2.32. The van der Waals surface area contributed by atoms with Crippen molar-refractivity contribution in [3.05, 3.63) is 59.2 Å². The monoisotopic (exact) mass is 299 g/mol. The van der Waals surface area contributed by atoms with Crippen LogP contribution in [0.4, 0.5) is 5.69 Å². The zero-order valence-electron chi connectivity index (χ0n) is 12.9. The molecule has 0 aliphatic carbocycles. The summed E-state index contributed by atoms with van der Waals surface area (Å²) in [6.45, 7) is 5.17. The van der Waals surface area contributed by atoms with Crippen LogP contribution in [-0.4, -0.2) is 10.9 Å². The Morgan fingerprint density at radius 3 is 2.82 bits per heavy atom. The second-order valence-electron chi connectivity index (χ2n) is 5.94. The zero-order valence-corrected chi connectivity index (χ0v) is 12.9. The number of hydrogen-bond donors (Lipinski definition) is 2. The van der Waals surface area contributed by atoms with Gasteiger partial charge in [-0.25, -0.2) is 0 Å². The predicted molar refractivity (Wildman–Crippen MR) is 85.6 cm³/mol. The third-order valence-corrected chi connectivity index (χ3v) is 3.66. The van der Waals surface area contributed by atoms with Gasteiger partial charge in [-0.15, -0.1) is 0 Å². The van der Waals surface area contributed by atoms with Crippen LogP contribution in [0.3, 0.4) is 0 Å². The van der Waals surface area contributed by atoms with E-state index in [0.29, 0.717) is 13.2 Å². The summed E-state index contributed by atoms with van der Waals surface area (Å²) >= 11 is 0. The number of aliphatic hydroxyl groups is 1. The molecule has 2 aromatic rings. The molecule has 0 unspecified atom stereocenters. The molecule has 0 aromatic heterocycles. The van der Waals surface area contributed by atoms with Gasteiger partial charge >= 0.3 is 0 Å². The van der Waals surface area contributed by atoms with E-state index in [9.17, 15) is 0 Å². The summed E-state index contributed by atoms with van der Waals surface area (Å²) < 4.78 is 11.5. The van der Waals surface area contributed by atoms with E-state index >= 15 is 0 Å². The Hall–Kier alpha value is -2.04. The van der Waals surface area contributed by atoms with E-state index in [1.165, 1.54) is 5.56 Å². The molecule has 1 aliphatic heterocycles. The average Bonchev–Trinajstić information content (AvgIpc) is 2.52. The molecule has 4 heteroatoms. The van der Waals surface area contributed by atoms with Crippen LogP contribution in [0, 0.1) is 0 Å². The van der Waals surface area contributed by atoms with E-state index in [-0.39, 0.29) is 6.61 Å². The summed E-state index contributed by atoms with van der Waals surface area (Å²) in [4.78, 5) is 0. The van der Waals surface area contributed by atoms with Crippen molar-refractivity contribution in [2.45, 2.75) is 39.4 Å². The number of benzene rings is 2. The van der Waals surface area contributed by atoms with Crippen LogP contribution in [0.5, 0.6) is 5.75 Å². The fraction of sp³-hybridized carbons (Fsp3) is 0.333. The fourth-order valence-electron chi connectivity index (χ4n) is 2.48. The third kappa shape index (κ3) is 3.40. The van der Waals surface area contributed by atoms with Gasteiger partial charge in [0.25, 0.3) is 0 Å². The molecular formula is C18H21NO3. The van der Waals surface area contributed by atoms with Gasteiger partial charge < -0.3 is 19.9 Å². The van der Waals surface area contributed by atoms with E-state index in [1.54, 1.807) is 0 Å². The lowest BCUT2D eigenvalue weighted by Crippen LogP contribution is -2.35. The molecule has 2 aromatic carbocycles. The van der Waals surface area contributed by atoms with Crippen molar-refractivity contribution in [1.82, 2.24) is 0 Å². The Bertz CT molecular complexity index is 667. The minimum atomic E-state index is -0.558. The van der Waals surface area contributed by atoms with Crippen molar-refractivity contribution in [1.29, 1.82) is 0 Å². The molecule has 0 saturated heterocycles. The smallest absolute Gasteiger partial charge is 0.205 e. The molecule has 0 radical (unpaired) electrons. The minimum absolute atomic E-state index is 0.0544. The van der Waals surface area contributed by atoms with Crippen molar-refractivity contribution >= 4 is 5.69 Å². The molecule has 2 N–H and O–H groups in total. The topological polar surface area (TPSA) is 50.7 Å². The Morgan fingerprint density at radius 1 is 1.14 bits per heavy atom. The minimum Gasteiger partial charge on any atom is -0.463 e. The molecule has 116 valence electrons. The van der Waals surface area contributed by atoms with E-state index in [0.717, 1.165) is 22.6 Å². The van der Waals surface area contributed by atoms with Crippen LogP contribution in [0.1, 0.15) is 30.5 Å². The summed E-state index contributed by atoms with van der Waals surface area (Å²) in [7, 11) is 0. The molecule has 0 atom stereocenters. The second kappa shape index (κ2) is 5.99. The summed E-state index contributed by atoms with van der Waals surface area (Å²) in [5.74, 6) is 0.333. The average molecular weight is 299 g/mol. The van der Waals surface area contributed by atoms with Crippen molar-refractivity contribution in [2.24, 2.45) is 0 Å². The van der Waals surface area contributed by atoms with Gasteiger partial charge in [-0.3, -0.25) is 0 Å². The van der Waals surface area contributed by atoms with E-state index in [4.69, 9.17) is 14.6 Å². The maximum Gasteiger partial charge on any atom is 0.205 e. The lowest BCUT2D eigenvalue weighted by molar-refractivity contribution is -0.180. The highest BCUT2D eigenvalue weighted by atomic mass is 16.7. The van der Waals surface area contributed by atoms with Gasteiger partial charge in [0.2, 0.25) is 5.79 Å². The summed E-state index contributed by atoms with van der Waals surface area (Å²) in [6, 6.07) is 13.9. The third-order valence-electron chi connectivity index (χ3n) is 3.66. The first-order chi connectivity index (χ1) is 10.6. The first kappa shape index (κ1) is 14.9. The fourth-order valence-corrected chi connectivity index (χ4v) is 2.48. The van der Waals surface area contributed by atoms with Crippen LogP contribution >= 0.6 is 0 Å². The van der Waals surface area contributed by atoms with Crippen LogP contribution in [0.15, 0.2) is 42.5 Å². The van der Waals surface area contributed by atoms with Crippen LogP contribution < -0.4 is 10.1 Å². The van der Waals surface area contributed by atoms with E-state index in [1.807, 2.05) is 44.2 Å². The number of nitrogens with one attached hydrogen (secondary N) is 1. The Morgan fingerprint density at radius 2 is 2.00 bits per heavy atom. The van der Waals surface area contributed by atoms with Gasteiger partial charge in [-0.2, -0.15) is 0 Å². The zero-order chi connectivity index (χ0) is 15.6. The van der Waals surface area contributed by atoms with Crippen LogP contribution in [-0.2, 0) is 24.5 Å². The molecule has 1 aliphatic rings. The molecule has 0 bridgehead atoms. The first-order valence-corrected chi connectivity index (χ1v) is 7.44. The number of fused-ring (bicyclic) bond motifs is 1. The Labute approximate surface area is 130 Å². The Kier molecular flexibility index (Phi) is 4.05. The lowest BCUT2D eigenvalue weighted by atomic mass is 10.1. The van der Waals surface area contributed by atoms with Crippen molar-refractivity contribution < 1.29 is 14.6 Å². The second-order valence-corrected chi connectivity index (χ2v) is 5.94. The molecule has 22 heavy (non-hydrogen) atoms. The van der Waals surface area contributed by atoms with Gasteiger partial charge in [0.15, 0.2) is 0 Å². The van der Waals surface area contributed by atoms with Crippen molar-refractivity contribution in [2.75, 3.05) is 5.32 Å². The normalized spacial score (nSPS) is 15.8. The van der Waals surface area contributed by atoms with Gasteiger partial charge in [0, 0.05) is 31.6 Å². The van der Waals surface area contributed by atoms with Gasteiger partial charge in [-0.05, 0) is 35.4 Å². The maximum atomic E-state index is 9.17. The SMILES string of the molecule is CC1(C)OCc2cc(CNc3cccc(CO)c3)ccc2O1. The van der Waals surface area contributed by atoms with Crippen molar-refractivity contribution in [3.63, 3.8) is 0 Å². The quantitative estimate of drug-likeness (QED) is 0.908. The maximum absolute atomic E-state index is 9.17. The highest BCUT2D eigenvalue weighted by Crippen LogP contribution is 2.31. The molecule has 0 saturated carbocycles. The number of rotatable bonds is 4. The number of hydrogen-bond acceptors (Lipinski definition) is 4. The van der Waals surface area contributed by atoms with Gasteiger partial charge in [0.1, 0.15) is 5.75 Å². The molecule has 4 nitrogen and oxygen atoms in total. The Balaban J connectivity index is 1.69. The van der Waals surface area contributed by atoms with Crippen molar-refractivity contribution in [3.8, 4) is 5.75 Å². The first-order valence-electron chi connectivity index (χ1n) is 7.44. The summed E-state index contributed by atoms with van der Waals surface area (Å²) in [5.41, 5.74) is 4.14. The molecule has 0 fully saturated rings. The highest BCUT2D eigenvalue weighted by molar-refractivity contribution is 5.47. The van der Waals surface area contributed by atoms with Gasteiger partial charge in [-0.1, -0.05) is 18.2 Å². The number of aliphatic hydroxyl groups excluding tert-OH is 1. The molecular weight excluding hydrogens is 278 g/mol. The van der Waals surface area contributed by atoms with Gasteiger partial charge in [0.05, 0.1) is 13.2 Å².